The predicted octanol–water partition coefficient (Wildman–Crippen LogP) is 3.35. The summed E-state index contributed by atoms with van der Waals surface area (Å²) in [6.07, 6.45) is 2.94. The van der Waals surface area contributed by atoms with Crippen molar-refractivity contribution in [1.29, 1.82) is 0 Å². The zero-order valence-electron chi connectivity index (χ0n) is 17.9. The molecule has 2 amide bonds. The van der Waals surface area contributed by atoms with E-state index in [-0.39, 0.29) is 24.9 Å². The van der Waals surface area contributed by atoms with Crippen LogP contribution in [0.15, 0.2) is 43.0 Å². The number of amides is 2. The van der Waals surface area contributed by atoms with Crippen LogP contribution in [0, 0.1) is 20.8 Å². The number of nitrogens with one attached hydrogen (secondary N) is 2. The van der Waals surface area contributed by atoms with Crippen LogP contribution in [-0.2, 0) is 9.59 Å². The third kappa shape index (κ3) is 5.90. The molecular weight excluding hydrogens is 416 g/mol. The van der Waals surface area contributed by atoms with Crippen LogP contribution in [0.5, 0.6) is 0 Å². The van der Waals surface area contributed by atoms with Gasteiger partial charge in [0, 0.05) is 10.7 Å². The molecule has 31 heavy (non-hydrogen) atoms. The molecule has 162 valence electrons. The maximum atomic E-state index is 12.6. The molecule has 3 rings (SSSR count). The summed E-state index contributed by atoms with van der Waals surface area (Å²) < 4.78 is 1.54. The number of likely N-dealkylation sites (N-methyl/N-ethyl adjacent to an activating group) is 1. The monoisotopic (exact) mass is 440 g/mol. The fraction of sp³-hybridized carbons (Fsp3) is 0.273. The summed E-state index contributed by atoms with van der Waals surface area (Å²) in [6.45, 7) is 6.05. The summed E-state index contributed by atoms with van der Waals surface area (Å²) in [4.78, 5) is 30.6. The highest BCUT2D eigenvalue weighted by molar-refractivity contribution is 6.31. The van der Waals surface area contributed by atoms with Crippen molar-refractivity contribution in [3.8, 4) is 5.69 Å². The molecule has 9 heteroatoms. The maximum Gasteiger partial charge on any atom is 0.238 e. The Bertz CT molecular complexity index is 1070. The van der Waals surface area contributed by atoms with Crippen LogP contribution in [0.1, 0.15) is 16.7 Å². The highest BCUT2D eigenvalue weighted by Crippen LogP contribution is 2.24. The van der Waals surface area contributed by atoms with Crippen molar-refractivity contribution in [3.05, 3.63) is 64.7 Å². The van der Waals surface area contributed by atoms with Gasteiger partial charge in [-0.1, -0.05) is 29.3 Å². The lowest BCUT2D eigenvalue weighted by Gasteiger charge is -2.18. The highest BCUT2D eigenvalue weighted by atomic mass is 35.5. The van der Waals surface area contributed by atoms with Gasteiger partial charge in [0.05, 0.1) is 24.5 Å². The van der Waals surface area contributed by atoms with Gasteiger partial charge in [0.25, 0.3) is 0 Å². The molecule has 0 aliphatic carbocycles. The first-order chi connectivity index (χ1) is 14.7. The van der Waals surface area contributed by atoms with E-state index in [9.17, 15) is 9.59 Å². The molecule has 0 saturated carbocycles. The van der Waals surface area contributed by atoms with Crippen LogP contribution in [0.4, 0.5) is 11.4 Å². The normalized spacial score (nSPS) is 10.9. The molecular formula is C22H25ClN6O2. The van der Waals surface area contributed by atoms with E-state index in [4.69, 9.17) is 11.6 Å². The average molecular weight is 441 g/mol. The summed E-state index contributed by atoms with van der Waals surface area (Å²) >= 11 is 6.09. The molecule has 0 spiro atoms. The Labute approximate surface area is 186 Å². The van der Waals surface area contributed by atoms with Crippen molar-refractivity contribution in [2.45, 2.75) is 20.8 Å². The summed E-state index contributed by atoms with van der Waals surface area (Å²) in [5.41, 5.74) is 5.12. The highest BCUT2D eigenvalue weighted by Gasteiger charge is 2.15. The topological polar surface area (TPSA) is 92.2 Å². The largest absolute Gasteiger partial charge is 0.324 e. The summed E-state index contributed by atoms with van der Waals surface area (Å²) in [7, 11) is 1.71. The summed E-state index contributed by atoms with van der Waals surface area (Å²) in [5.74, 6) is -0.460. The fourth-order valence-electron chi connectivity index (χ4n) is 3.43. The second kappa shape index (κ2) is 9.72. The van der Waals surface area contributed by atoms with Gasteiger partial charge >= 0.3 is 0 Å². The molecule has 0 fully saturated rings. The van der Waals surface area contributed by atoms with Gasteiger partial charge in [0.15, 0.2) is 0 Å². The molecule has 3 aromatic rings. The molecule has 8 nitrogen and oxygen atoms in total. The van der Waals surface area contributed by atoms with Crippen LogP contribution in [0.2, 0.25) is 5.02 Å². The first-order valence-corrected chi connectivity index (χ1v) is 10.1. The molecule has 0 saturated heterocycles. The van der Waals surface area contributed by atoms with E-state index in [0.717, 1.165) is 22.4 Å². The van der Waals surface area contributed by atoms with E-state index in [1.165, 1.54) is 17.3 Å². The molecule has 1 aromatic heterocycles. The van der Waals surface area contributed by atoms with Crippen LogP contribution in [-0.4, -0.2) is 51.6 Å². The minimum Gasteiger partial charge on any atom is -0.324 e. The van der Waals surface area contributed by atoms with Crippen LogP contribution in [0.25, 0.3) is 5.69 Å². The molecule has 2 aromatic carbocycles. The zero-order chi connectivity index (χ0) is 22.5. The van der Waals surface area contributed by atoms with E-state index < -0.39 is 0 Å². The van der Waals surface area contributed by atoms with Crippen molar-refractivity contribution < 1.29 is 9.59 Å². The quantitative estimate of drug-likeness (QED) is 0.587. The van der Waals surface area contributed by atoms with E-state index in [1.807, 2.05) is 32.9 Å². The molecule has 1 heterocycles. The number of benzene rings is 2. The molecule has 0 bridgehead atoms. The van der Waals surface area contributed by atoms with Gasteiger partial charge in [-0.05, 0) is 57.1 Å². The zero-order valence-corrected chi connectivity index (χ0v) is 18.7. The SMILES string of the molecule is Cc1cc(C)c(NC(=O)CN(C)CC(=O)Nc2cc(Cl)ccc2-n2cncn2)c(C)c1. The van der Waals surface area contributed by atoms with Gasteiger partial charge in [-0.2, -0.15) is 5.10 Å². The average Bonchev–Trinajstić information content (AvgIpc) is 3.19. The lowest BCUT2D eigenvalue weighted by atomic mass is 10.1. The third-order valence-electron chi connectivity index (χ3n) is 4.67. The molecule has 0 aliphatic heterocycles. The number of hydrogen-bond donors (Lipinski definition) is 2. The first kappa shape index (κ1) is 22.5. The Morgan fingerprint density at radius 3 is 2.29 bits per heavy atom. The number of hydrogen-bond acceptors (Lipinski definition) is 5. The molecule has 0 unspecified atom stereocenters. The Balaban J connectivity index is 1.60. The van der Waals surface area contributed by atoms with Gasteiger partial charge in [-0.15, -0.1) is 0 Å². The van der Waals surface area contributed by atoms with Crippen molar-refractivity contribution in [2.75, 3.05) is 30.8 Å². The lowest BCUT2D eigenvalue weighted by molar-refractivity contribution is -0.119. The Morgan fingerprint density at radius 2 is 1.68 bits per heavy atom. The van der Waals surface area contributed by atoms with E-state index >= 15 is 0 Å². The third-order valence-corrected chi connectivity index (χ3v) is 4.90. The number of aromatic nitrogens is 3. The number of carbonyl (C=O) groups excluding carboxylic acids is 2. The minimum atomic E-state index is -0.276. The minimum absolute atomic E-state index is 0.0303. The molecule has 0 radical (unpaired) electrons. The number of halogens is 1. The lowest BCUT2D eigenvalue weighted by Crippen LogP contribution is -2.36. The predicted molar refractivity (Wildman–Crippen MR) is 122 cm³/mol. The Hall–Kier alpha value is -3.23. The first-order valence-electron chi connectivity index (χ1n) is 9.73. The fourth-order valence-corrected chi connectivity index (χ4v) is 3.60. The van der Waals surface area contributed by atoms with Crippen LogP contribution >= 0.6 is 11.6 Å². The van der Waals surface area contributed by atoms with E-state index in [0.29, 0.717) is 16.4 Å². The van der Waals surface area contributed by atoms with E-state index in [2.05, 4.69) is 20.7 Å². The van der Waals surface area contributed by atoms with Crippen molar-refractivity contribution in [1.82, 2.24) is 19.7 Å². The second-order valence-corrected chi connectivity index (χ2v) is 7.98. The summed E-state index contributed by atoms with van der Waals surface area (Å²) in [6, 6.07) is 9.15. The standard InChI is InChI=1S/C22H25ClN6O2/c1-14-7-15(2)22(16(3)8-14)27-21(31)11-28(4)10-20(30)26-18-9-17(23)5-6-19(18)29-13-24-12-25-29/h5-9,12-13H,10-11H2,1-4H3,(H,26,30)(H,27,31). The van der Waals surface area contributed by atoms with E-state index in [1.54, 1.807) is 30.1 Å². The van der Waals surface area contributed by atoms with Crippen LogP contribution < -0.4 is 10.6 Å². The number of aryl methyl sites for hydroxylation is 3. The Morgan fingerprint density at radius 1 is 1.03 bits per heavy atom. The van der Waals surface area contributed by atoms with Gasteiger partial charge < -0.3 is 10.6 Å². The smallest absolute Gasteiger partial charge is 0.238 e. The van der Waals surface area contributed by atoms with Gasteiger partial charge in [-0.3, -0.25) is 14.5 Å². The maximum absolute atomic E-state index is 12.6. The van der Waals surface area contributed by atoms with Gasteiger partial charge in [0.1, 0.15) is 12.7 Å². The number of rotatable bonds is 7. The molecule has 0 atom stereocenters. The summed E-state index contributed by atoms with van der Waals surface area (Å²) in [5, 5.41) is 10.4. The second-order valence-electron chi connectivity index (χ2n) is 7.54. The van der Waals surface area contributed by atoms with Crippen LogP contribution in [0.3, 0.4) is 0 Å². The number of carbonyl (C=O) groups is 2. The van der Waals surface area contributed by atoms with Crippen molar-refractivity contribution in [2.24, 2.45) is 0 Å². The molecule has 2 N–H and O–H groups in total. The number of anilines is 2. The Kier molecular flexibility index (Phi) is 7.04. The van der Waals surface area contributed by atoms with Gasteiger partial charge in [0.2, 0.25) is 11.8 Å². The number of nitrogens with zero attached hydrogens (tertiary/aromatic N) is 4. The van der Waals surface area contributed by atoms with Crippen molar-refractivity contribution in [3.63, 3.8) is 0 Å². The molecule has 0 aliphatic rings. The van der Waals surface area contributed by atoms with Gasteiger partial charge in [-0.25, -0.2) is 9.67 Å². The van der Waals surface area contributed by atoms with Crippen molar-refractivity contribution >= 4 is 34.8 Å².